The van der Waals surface area contributed by atoms with Gasteiger partial charge in [0, 0.05) is 32.9 Å². The molecule has 0 fully saturated rings. The summed E-state index contributed by atoms with van der Waals surface area (Å²) in [6.07, 6.45) is 0.795. The molecule has 1 unspecified atom stereocenters. The quantitative estimate of drug-likeness (QED) is 0.531. The lowest BCUT2D eigenvalue weighted by Crippen LogP contribution is -2.47. The molecule has 0 saturated carbocycles. The molecule has 4 nitrogen and oxygen atoms in total. The van der Waals surface area contributed by atoms with E-state index >= 15 is 0 Å². The summed E-state index contributed by atoms with van der Waals surface area (Å²) in [5.74, 6) is 0. The van der Waals surface area contributed by atoms with Crippen LogP contribution in [0.3, 0.4) is 0 Å². The molecular formula is C9H21NO3. The molecule has 0 radical (unpaired) electrons. The Hall–Kier alpha value is -0.160. The molecule has 0 aliphatic heterocycles. The Labute approximate surface area is 80.2 Å². The monoisotopic (exact) mass is 191 g/mol. The minimum absolute atomic E-state index is 0.111. The Morgan fingerprint density at radius 1 is 1.23 bits per heavy atom. The van der Waals surface area contributed by atoms with E-state index in [9.17, 15) is 0 Å². The van der Waals surface area contributed by atoms with Gasteiger partial charge in [-0.3, -0.25) is 0 Å². The van der Waals surface area contributed by atoms with Gasteiger partial charge in [-0.25, -0.2) is 0 Å². The SMILES string of the molecule is COCCNC(C)(CO)CCOC. The van der Waals surface area contributed by atoms with E-state index in [4.69, 9.17) is 14.6 Å². The second-order valence-corrected chi connectivity index (χ2v) is 3.38. The van der Waals surface area contributed by atoms with E-state index in [2.05, 4.69) is 5.32 Å². The molecule has 1 atom stereocenters. The Kier molecular flexibility index (Phi) is 7.17. The molecule has 0 spiro atoms. The fraction of sp³-hybridized carbons (Fsp3) is 1.00. The summed E-state index contributed by atoms with van der Waals surface area (Å²) in [5, 5.41) is 12.4. The molecule has 2 N–H and O–H groups in total. The van der Waals surface area contributed by atoms with Gasteiger partial charge in [-0.2, -0.15) is 0 Å². The standard InChI is InChI=1S/C9H21NO3/c1-9(8-11,4-6-12-2)10-5-7-13-3/h10-11H,4-8H2,1-3H3. The highest BCUT2D eigenvalue weighted by Crippen LogP contribution is 2.07. The zero-order chi connectivity index (χ0) is 10.2. The van der Waals surface area contributed by atoms with E-state index in [0.717, 1.165) is 13.0 Å². The van der Waals surface area contributed by atoms with Crippen molar-refractivity contribution in [3.05, 3.63) is 0 Å². The van der Waals surface area contributed by atoms with E-state index < -0.39 is 0 Å². The number of hydrogen-bond donors (Lipinski definition) is 2. The number of rotatable bonds is 8. The maximum atomic E-state index is 9.15. The van der Waals surface area contributed by atoms with Crippen molar-refractivity contribution in [3.63, 3.8) is 0 Å². The third-order valence-electron chi connectivity index (χ3n) is 2.06. The van der Waals surface area contributed by atoms with Gasteiger partial charge in [0.1, 0.15) is 0 Å². The van der Waals surface area contributed by atoms with E-state index in [1.54, 1.807) is 14.2 Å². The summed E-state index contributed by atoms with van der Waals surface area (Å²) < 4.78 is 9.87. The summed E-state index contributed by atoms with van der Waals surface area (Å²) in [5.41, 5.74) is -0.255. The lowest BCUT2D eigenvalue weighted by atomic mass is 10.00. The van der Waals surface area contributed by atoms with Crippen molar-refractivity contribution in [1.29, 1.82) is 0 Å². The zero-order valence-electron chi connectivity index (χ0n) is 8.80. The molecule has 0 aromatic heterocycles. The lowest BCUT2D eigenvalue weighted by Gasteiger charge is -2.28. The molecule has 0 rings (SSSR count). The first-order valence-corrected chi connectivity index (χ1v) is 4.52. The maximum Gasteiger partial charge on any atom is 0.0611 e. The van der Waals surface area contributed by atoms with Crippen LogP contribution in [0.15, 0.2) is 0 Å². The Morgan fingerprint density at radius 2 is 1.85 bits per heavy atom. The molecule has 0 aromatic carbocycles. The van der Waals surface area contributed by atoms with Gasteiger partial charge in [-0.15, -0.1) is 0 Å². The minimum Gasteiger partial charge on any atom is -0.394 e. The molecule has 0 amide bonds. The van der Waals surface area contributed by atoms with Crippen LogP contribution in [0.2, 0.25) is 0 Å². The van der Waals surface area contributed by atoms with Crippen molar-refractivity contribution in [2.75, 3.05) is 40.6 Å². The van der Waals surface area contributed by atoms with Gasteiger partial charge in [-0.05, 0) is 13.3 Å². The molecule has 13 heavy (non-hydrogen) atoms. The lowest BCUT2D eigenvalue weighted by molar-refractivity contribution is 0.107. The highest BCUT2D eigenvalue weighted by Gasteiger charge is 2.21. The fourth-order valence-corrected chi connectivity index (χ4v) is 1.01. The van der Waals surface area contributed by atoms with Gasteiger partial charge in [-0.1, -0.05) is 0 Å². The summed E-state index contributed by atoms with van der Waals surface area (Å²) in [4.78, 5) is 0. The topological polar surface area (TPSA) is 50.7 Å². The normalized spacial score (nSPS) is 15.7. The molecule has 0 aromatic rings. The third-order valence-corrected chi connectivity index (χ3v) is 2.06. The van der Waals surface area contributed by atoms with Crippen molar-refractivity contribution in [3.8, 4) is 0 Å². The van der Waals surface area contributed by atoms with E-state index in [-0.39, 0.29) is 12.1 Å². The Morgan fingerprint density at radius 3 is 2.31 bits per heavy atom. The van der Waals surface area contributed by atoms with E-state index in [1.165, 1.54) is 0 Å². The smallest absolute Gasteiger partial charge is 0.0611 e. The van der Waals surface area contributed by atoms with Crippen LogP contribution in [0.5, 0.6) is 0 Å². The number of nitrogens with one attached hydrogen (secondary N) is 1. The van der Waals surface area contributed by atoms with Crippen LogP contribution in [0.1, 0.15) is 13.3 Å². The van der Waals surface area contributed by atoms with Crippen molar-refractivity contribution in [2.24, 2.45) is 0 Å². The van der Waals surface area contributed by atoms with Crippen LogP contribution in [0.4, 0.5) is 0 Å². The highest BCUT2D eigenvalue weighted by atomic mass is 16.5. The average Bonchev–Trinajstić information content (AvgIpc) is 2.15. The van der Waals surface area contributed by atoms with Gasteiger partial charge >= 0.3 is 0 Å². The predicted molar refractivity (Wildman–Crippen MR) is 51.9 cm³/mol. The van der Waals surface area contributed by atoms with Crippen molar-refractivity contribution in [1.82, 2.24) is 5.32 Å². The maximum absolute atomic E-state index is 9.15. The molecule has 0 aliphatic rings. The van der Waals surface area contributed by atoms with Gasteiger partial charge in [0.2, 0.25) is 0 Å². The molecule has 80 valence electrons. The fourth-order valence-electron chi connectivity index (χ4n) is 1.01. The van der Waals surface area contributed by atoms with Gasteiger partial charge in [0.25, 0.3) is 0 Å². The Balaban J connectivity index is 3.67. The van der Waals surface area contributed by atoms with Gasteiger partial charge in [0.15, 0.2) is 0 Å². The van der Waals surface area contributed by atoms with E-state index in [0.29, 0.717) is 13.2 Å². The number of ether oxygens (including phenoxy) is 2. The Bertz CT molecular complexity index is 121. The molecule has 4 heteroatoms. The van der Waals surface area contributed by atoms with Crippen molar-refractivity contribution in [2.45, 2.75) is 18.9 Å². The molecule has 0 bridgehead atoms. The zero-order valence-corrected chi connectivity index (χ0v) is 8.80. The van der Waals surface area contributed by atoms with Crippen molar-refractivity contribution < 1.29 is 14.6 Å². The number of hydrogen-bond acceptors (Lipinski definition) is 4. The summed E-state index contributed by atoms with van der Waals surface area (Å²) in [6, 6.07) is 0. The molecular weight excluding hydrogens is 170 g/mol. The summed E-state index contributed by atoms with van der Waals surface area (Å²) >= 11 is 0. The molecule has 0 heterocycles. The van der Waals surface area contributed by atoms with Crippen LogP contribution in [-0.2, 0) is 9.47 Å². The van der Waals surface area contributed by atoms with Gasteiger partial charge in [0.05, 0.1) is 13.2 Å². The van der Waals surface area contributed by atoms with Crippen LogP contribution in [0.25, 0.3) is 0 Å². The second kappa shape index (κ2) is 7.26. The average molecular weight is 191 g/mol. The summed E-state index contributed by atoms with van der Waals surface area (Å²) in [7, 11) is 3.32. The predicted octanol–water partition coefficient (Wildman–Crippen LogP) is 0.00990. The van der Waals surface area contributed by atoms with Crippen LogP contribution in [-0.4, -0.2) is 51.2 Å². The number of aliphatic hydroxyl groups excluding tert-OH is 1. The van der Waals surface area contributed by atoms with Gasteiger partial charge < -0.3 is 19.9 Å². The van der Waals surface area contributed by atoms with Crippen LogP contribution in [0, 0.1) is 0 Å². The second-order valence-electron chi connectivity index (χ2n) is 3.38. The highest BCUT2D eigenvalue weighted by molar-refractivity contribution is 4.81. The van der Waals surface area contributed by atoms with Crippen LogP contribution >= 0.6 is 0 Å². The summed E-state index contributed by atoms with van der Waals surface area (Å²) in [6.45, 7) is 4.14. The number of aliphatic hydroxyl groups is 1. The van der Waals surface area contributed by atoms with Crippen molar-refractivity contribution >= 4 is 0 Å². The van der Waals surface area contributed by atoms with E-state index in [1.807, 2.05) is 6.92 Å². The number of methoxy groups -OCH3 is 2. The molecule has 0 saturated heterocycles. The van der Waals surface area contributed by atoms with Crippen LogP contribution < -0.4 is 5.32 Å². The first kappa shape index (κ1) is 12.8. The molecule has 0 aliphatic carbocycles. The third kappa shape index (κ3) is 5.99. The minimum atomic E-state index is -0.255. The first-order valence-electron chi connectivity index (χ1n) is 4.52. The largest absolute Gasteiger partial charge is 0.394 e. The first-order chi connectivity index (χ1) is 6.18.